The van der Waals surface area contributed by atoms with E-state index < -0.39 is 5.97 Å². The first-order chi connectivity index (χ1) is 12.5. The highest BCUT2D eigenvalue weighted by atomic mass is 35.5. The van der Waals surface area contributed by atoms with Gasteiger partial charge in [-0.3, -0.25) is 0 Å². The number of carbonyl (C=O) groups excluding carboxylic acids is 1. The highest BCUT2D eigenvalue weighted by molar-refractivity contribution is 6.42. The predicted molar refractivity (Wildman–Crippen MR) is 103 cm³/mol. The third-order valence-electron chi connectivity index (χ3n) is 3.28. The predicted octanol–water partition coefficient (Wildman–Crippen LogP) is 4.77. The van der Waals surface area contributed by atoms with Crippen LogP contribution in [0.15, 0.2) is 42.5 Å². The van der Waals surface area contributed by atoms with Crippen LogP contribution in [0.1, 0.15) is 11.1 Å². The Balaban J connectivity index is 2.11. The van der Waals surface area contributed by atoms with Crippen molar-refractivity contribution in [1.82, 2.24) is 0 Å². The molecule has 2 aromatic carbocycles. The van der Waals surface area contributed by atoms with Crippen molar-refractivity contribution in [3.63, 3.8) is 0 Å². The van der Waals surface area contributed by atoms with Gasteiger partial charge in [0.2, 0.25) is 0 Å². The van der Waals surface area contributed by atoms with Crippen molar-refractivity contribution < 1.29 is 19.0 Å². The SMILES string of the molecule is C#CCOC(=O)/C=C/c1ccc(OC)c(OCc2ccc(Cl)c(Cl)c2)c1. The van der Waals surface area contributed by atoms with Gasteiger partial charge in [-0.15, -0.1) is 6.42 Å². The Morgan fingerprint density at radius 1 is 1.15 bits per heavy atom. The number of esters is 1. The molecular weight excluding hydrogens is 375 g/mol. The second kappa shape index (κ2) is 9.76. The lowest BCUT2D eigenvalue weighted by Crippen LogP contribution is -2.00. The zero-order valence-corrected chi connectivity index (χ0v) is 15.5. The van der Waals surface area contributed by atoms with Gasteiger partial charge in [0.25, 0.3) is 0 Å². The first-order valence-corrected chi connectivity index (χ1v) is 8.32. The molecule has 0 aromatic heterocycles. The van der Waals surface area contributed by atoms with Crippen molar-refractivity contribution in [2.45, 2.75) is 6.61 Å². The van der Waals surface area contributed by atoms with Crippen LogP contribution in [-0.4, -0.2) is 19.7 Å². The topological polar surface area (TPSA) is 44.8 Å². The second-order valence-electron chi connectivity index (χ2n) is 5.09. The van der Waals surface area contributed by atoms with E-state index in [-0.39, 0.29) is 13.2 Å². The molecule has 134 valence electrons. The van der Waals surface area contributed by atoms with Gasteiger partial charge < -0.3 is 14.2 Å². The summed E-state index contributed by atoms with van der Waals surface area (Å²) in [7, 11) is 1.55. The van der Waals surface area contributed by atoms with E-state index in [0.29, 0.717) is 21.5 Å². The molecule has 0 unspecified atom stereocenters. The van der Waals surface area contributed by atoms with Crippen LogP contribution in [0.4, 0.5) is 0 Å². The van der Waals surface area contributed by atoms with Gasteiger partial charge in [0.15, 0.2) is 18.1 Å². The number of methoxy groups -OCH3 is 1. The number of benzene rings is 2. The molecule has 0 bridgehead atoms. The summed E-state index contributed by atoms with van der Waals surface area (Å²) in [4.78, 5) is 11.5. The Bertz CT molecular complexity index is 853. The lowest BCUT2D eigenvalue weighted by atomic mass is 10.2. The van der Waals surface area contributed by atoms with E-state index in [9.17, 15) is 4.79 Å². The number of ether oxygens (including phenoxy) is 3. The summed E-state index contributed by atoms with van der Waals surface area (Å²) in [6, 6.07) is 10.6. The Kier molecular flexibility index (Phi) is 7.40. The normalized spacial score (nSPS) is 10.4. The van der Waals surface area contributed by atoms with Gasteiger partial charge in [0.1, 0.15) is 6.61 Å². The Morgan fingerprint density at radius 2 is 1.96 bits per heavy atom. The summed E-state index contributed by atoms with van der Waals surface area (Å²) in [5.41, 5.74) is 1.60. The molecule has 0 heterocycles. The molecule has 4 nitrogen and oxygen atoms in total. The molecule has 0 aliphatic carbocycles. The summed E-state index contributed by atoms with van der Waals surface area (Å²) >= 11 is 11.9. The van der Waals surface area contributed by atoms with Crippen LogP contribution in [0.5, 0.6) is 11.5 Å². The number of hydrogen-bond donors (Lipinski definition) is 0. The molecule has 0 saturated carbocycles. The molecule has 2 aromatic rings. The van der Waals surface area contributed by atoms with Crippen LogP contribution in [0.3, 0.4) is 0 Å². The highest BCUT2D eigenvalue weighted by Crippen LogP contribution is 2.30. The maximum atomic E-state index is 11.5. The van der Waals surface area contributed by atoms with Gasteiger partial charge >= 0.3 is 5.97 Å². The van der Waals surface area contributed by atoms with Crippen LogP contribution >= 0.6 is 23.2 Å². The summed E-state index contributed by atoms with van der Waals surface area (Å²) < 4.78 is 15.9. The van der Waals surface area contributed by atoms with Crippen LogP contribution in [0.25, 0.3) is 6.08 Å². The third kappa shape index (κ3) is 5.73. The maximum absolute atomic E-state index is 11.5. The van der Waals surface area contributed by atoms with E-state index in [4.69, 9.17) is 43.8 Å². The van der Waals surface area contributed by atoms with Crippen molar-refractivity contribution in [1.29, 1.82) is 0 Å². The molecule has 0 spiro atoms. The fourth-order valence-corrected chi connectivity index (χ4v) is 2.35. The van der Waals surface area contributed by atoms with Gasteiger partial charge in [-0.2, -0.15) is 0 Å². The molecule has 0 radical (unpaired) electrons. The largest absolute Gasteiger partial charge is 0.493 e. The van der Waals surface area contributed by atoms with Gasteiger partial charge in [-0.25, -0.2) is 4.79 Å². The van der Waals surface area contributed by atoms with Crippen molar-refractivity contribution >= 4 is 35.2 Å². The van der Waals surface area contributed by atoms with Crippen LogP contribution < -0.4 is 9.47 Å². The smallest absolute Gasteiger partial charge is 0.331 e. The summed E-state index contributed by atoms with van der Waals surface area (Å²) in [5, 5.41) is 0.943. The zero-order valence-electron chi connectivity index (χ0n) is 14.0. The molecular formula is C20H16Cl2O4. The number of terminal acetylenes is 1. The number of rotatable bonds is 7. The van der Waals surface area contributed by atoms with E-state index in [1.165, 1.54) is 6.08 Å². The number of hydrogen-bond acceptors (Lipinski definition) is 4. The lowest BCUT2D eigenvalue weighted by molar-refractivity contribution is -0.136. The minimum absolute atomic E-state index is 0.0657. The van der Waals surface area contributed by atoms with E-state index >= 15 is 0 Å². The minimum atomic E-state index is -0.517. The quantitative estimate of drug-likeness (QED) is 0.388. The molecule has 0 N–H and O–H groups in total. The number of halogens is 2. The molecule has 0 saturated heterocycles. The van der Waals surface area contributed by atoms with Crippen LogP contribution in [0, 0.1) is 12.3 Å². The zero-order chi connectivity index (χ0) is 18.9. The van der Waals surface area contributed by atoms with E-state index in [1.54, 1.807) is 43.5 Å². The monoisotopic (exact) mass is 390 g/mol. The van der Waals surface area contributed by atoms with Gasteiger partial charge in [0.05, 0.1) is 17.2 Å². The molecule has 6 heteroatoms. The lowest BCUT2D eigenvalue weighted by Gasteiger charge is -2.12. The molecule has 2 rings (SSSR count). The summed E-state index contributed by atoms with van der Waals surface area (Å²) in [5.74, 6) is 2.81. The first kappa shape index (κ1) is 19.7. The van der Waals surface area contributed by atoms with Crippen LogP contribution in [0.2, 0.25) is 10.0 Å². The molecule has 26 heavy (non-hydrogen) atoms. The van der Waals surface area contributed by atoms with Gasteiger partial charge in [-0.1, -0.05) is 41.3 Å². The van der Waals surface area contributed by atoms with E-state index in [1.807, 2.05) is 6.07 Å². The Hall–Kier alpha value is -2.61. The Labute approximate surface area is 162 Å². The standard InChI is InChI=1S/C20H16Cl2O4/c1-3-10-25-20(23)9-6-14-5-8-18(24-2)19(12-14)26-13-15-4-7-16(21)17(22)11-15/h1,4-9,11-12H,10,13H2,2H3/b9-6+. The first-order valence-electron chi connectivity index (χ1n) is 7.56. The van der Waals surface area contributed by atoms with Gasteiger partial charge in [-0.05, 0) is 41.5 Å². The van der Waals surface area contributed by atoms with E-state index in [2.05, 4.69) is 5.92 Å². The second-order valence-corrected chi connectivity index (χ2v) is 5.91. The maximum Gasteiger partial charge on any atom is 0.331 e. The minimum Gasteiger partial charge on any atom is -0.493 e. The van der Waals surface area contributed by atoms with Gasteiger partial charge in [0, 0.05) is 6.08 Å². The van der Waals surface area contributed by atoms with E-state index in [0.717, 1.165) is 11.1 Å². The fourth-order valence-electron chi connectivity index (χ4n) is 2.03. The van der Waals surface area contributed by atoms with Crippen molar-refractivity contribution in [3.05, 3.63) is 63.6 Å². The van der Waals surface area contributed by atoms with Crippen molar-refractivity contribution in [2.75, 3.05) is 13.7 Å². The Morgan fingerprint density at radius 3 is 2.65 bits per heavy atom. The molecule has 0 amide bonds. The molecule has 0 fully saturated rings. The molecule has 0 aliphatic rings. The summed E-state index contributed by atoms with van der Waals surface area (Å²) in [6.45, 7) is 0.217. The highest BCUT2D eigenvalue weighted by Gasteiger charge is 2.07. The third-order valence-corrected chi connectivity index (χ3v) is 4.01. The van der Waals surface area contributed by atoms with Crippen molar-refractivity contribution in [3.8, 4) is 23.8 Å². The average molecular weight is 391 g/mol. The molecule has 0 aliphatic heterocycles. The number of carbonyl (C=O) groups is 1. The fraction of sp³-hybridized carbons (Fsp3) is 0.150. The van der Waals surface area contributed by atoms with Crippen molar-refractivity contribution in [2.24, 2.45) is 0 Å². The molecule has 0 atom stereocenters. The summed E-state index contributed by atoms with van der Waals surface area (Å²) in [6.07, 6.45) is 7.93. The average Bonchev–Trinajstić information content (AvgIpc) is 2.65. The van der Waals surface area contributed by atoms with Crippen LogP contribution in [-0.2, 0) is 16.1 Å².